The molecule has 4 heteroatoms. The number of allylic oxidation sites excluding steroid dienone is 2. The summed E-state index contributed by atoms with van der Waals surface area (Å²) in [4.78, 5) is 0. The van der Waals surface area contributed by atoms with Crippen molar-refractivity contribution in [2.45, 2.75) is 20.8 Å². The average molecular weight is 268 g/mol. The Morgan fingerprint density at radius 1 is 1.17 bits per heavy atom. The van der Waals surface area contributed by atoms with Crippen molar-refractivity contribution in [1.82, 2.24) is 0 Å². The van der Waals surface area contributed by atoms with E-state index in [4.69, 9.17) is 9.05 Å². The third kappa shape index (κ3) is 4.77. The van der Waals surface area contributed by atoms with E-state index < -0.39 is 7.60 Å². The van der Waals surface area contributed by atoms with E-state index >= 15 is 0 Å². The Kier molecular flexibility index (Phi) is 6.34. The molecular weight excluding hydrogens is 247 g/mol. The second kappa shape index (κ2) is 7.52. The van der Waals surface area contributed by atoms with Gasteiger partial charge in [0.2, 0.25) is 0 Å². The van der Waals surface area contributed by atoms with Gasteiger partial charge >= 0.3 is 7.60 Å². The lowest BCUT2D eigenvalue weighted by atomic mass is 10.1. The van der Waals surface area contributed by atoms with Crippen LogP contribution in [0.5, 0.6) is 0 Å². The van der Waals surface area contributed by atoms with Gasteiger partial charge in [-0.1, -0.05) is 36.4 Å². The lowest BCUT2D eigenvalue weighted by molar-refractivity contribution is 0.222. The van der Waals surface area contributed by atoms with E-state index in [1.165, 1.54) is 0 Å². The van der Waals surface area contributed by atoms with Gasteiger partial charge in [0.15, 0.2) is 0 Å². The molecule has 0 N–H and O–H groups in total. The first-order valence-electron chi connectivity index (χ1n) is 6.21. The van der Waals surface area contributed by atoms with E-state index in [9.17, 15) is 4.57 Å². The topological polar surface area (TPSA) is 35.5 Å². The Hall–Kier alpha value is -0.890. The van der Waals surface area contributed by atoms with E-state index in [2.05, 4.69) is 0 Å². The van der Waals surface area contributed by atoms with Crippen LogP contribution in [0.2, 0.25) is 0 Å². The van der Waals surface area contributed by atoms with Crippen LogP contribution in [0, 0.1) is 0 Å². The van der Waals surface area contributed by atoms with Gasteiger partial charge in [0.25, 0.3) is 0 Å². The molecule has 0 aromatic heterocycles. The van der Waals surface area contributed by atoms with Crippen LogP contribution >= 0.6 is 7.60 Å². The molecule has 0 saturated carbocycles. The van der Waals surface area contributed by atoms with Crippen LogP contribution in [-0.4, -0.2) is 19.4 Å². The van der Waals surface area contributed by atoms with Crippen LogP contribution < -0.4 is 0 Å². The van der Waals surface area contributed by atoms with Crippen molar-refractivity contribution in [3.63, 3.8) is 0 Å². The van der Waals surface area contributed by atoms with Crippen molar-refractivity contribution in [3.8, 4) is 0 Å². The average Bonchev–Trinajstić information content (AvgIpc) is 2.38. The molecule has 0 unspecified atom stereocenters. The molecule has 0 aliphatic carbocycles. The first-order chi connectivity index (χ1) is 8.61. The van der Waals surface area contributed by atoms with Gasteiger partial charge in [0.05, 0.1) is 19.4 Å². The molecule has 3 nitrogen and oxygen atoms in total. The molecule has 1 aromatic carbocycles. The van der Waals surface area contributed by atoms with Crippen molar-refractivity contribution in [3.05, 3.63) is 42.0 Å². The summed E-state index contributed by atoms with van der Waals surface area (Å²) in [5, 5.41) is 0. The largest absolute Gasteiger partial charge is 0.334 e. The van der Waals surface area contributed by atoms with E-state index in [0.717, 1.165) is 11.1 Å². The number of rotatable bonds is 7. The summed E-state index contributed by atoms with van der Waals surface area (Å²) in [5.41, 5.74) is 2.20. The summed E-state index contributed by atoms with van der Waals surface area (Å²) < 4.78 is 22.7. The Balaban J connectivity index is 2.74. The molecule has 0 bridgehead atoms. The highest BCUT2D eigenvalue weighted by Gasteiger charge is 2.21. The zero-order valence-electron chi connectivity index (χ0n) is 11.3. The second-order valence-corrected chi connectivity index (χ2v) is 5.99. The molecule has 0 spiro atoms. The van der Waals surface area contributed by atoms with Gasteiger partial charge in [0.1, 0.15) is 0 Å². The Morgan fingerprint density at radius 2 is 1.72 bits per heavy atom. The van der Waals surface area contributed by atoms with E-state index in [0.29, 0.717) is 19.4 Å². The molecule has 1 rings (SSSR count). The molecule has 0 aliphatic rings. The second-order valence-electron chi connectivity index (χ2n) is 3.88. The van der Waals surface area contributed by atoms with Gasteiger partial charge in [-0.15, -0.1) is 0 Å². The minimum absolute atomic E-state index is 0.315. The minimum atomic E-state index is -2.97. The van der Waals surface area contributed by atoms with Gasteiger partial charge in [-0.3, -0.25) is 4.57 Å². The quantitative estimate of drug-likeness (QED) is 0.689. The highest BCUT2D eigenvalue weighted by Crippen LogP contribution is 2.48. The van der Waals surface area contributed by atoms with Crippen LogP contribution in [-0.2, 0) is 13.6 Å². The molecule has 0 saturated heterocycles. The molecule has 0 heterocycles. The first kappa shape index (κ1) is 15.2. The molecular formula is C14H21O3P. The monoisotopic (exact) mass is 268 g/mol. The first-order valence-corrected chi connectivity index (χ1v) is 7.94. The molecule has 0 aliphatic heterocycles. The normalized spacial score (nSPS) is 12.7. The van der Waals surface area contributed by atoms with Crippen molar-refractivity contribution in [2.24, 2.45) is 0 Å². The van der Waals surface area contributed by atoms with Crippen LogP contribution in [0.3, 0.4) is 0 Å². The predicted molar refractivity (Wildman–Crippen MR) is 75.8 cm³/mol. The fourth-order valence-electron chi connectivity index (χ4n) is 1.60. The van der Waals surface area contributed by atoms with E-state index in [-0.39, 0.29) is 0 Å². The lowest BCUT2D eigenvalue weighted by Gasteiger charge is -2.15. The number of hydrogen-bond donors (Lipinski definition) is 0. The summed E-state index contributed by atoms with van der Waals surface area (Å²) in [6.45, 7) is 6.43. The third-order valence-electron chi connectivity index (χ3n) is 2.50. The van der Waals surface area contributed by atoms with Gasteiger partial charge < -0.3 is 9.05 Å². The summed E-state index contributed by atoms with van der Waals surface area (Å²) >= 11 is 0. The molecule has 0 fully saturated rings. The molecule has 1 aromatic rings. The Morgan fingerprint density at radius 3 is 2.22 bits per heavy atom. The number of benzene rings is 1. The molecule has 18 heavy (non-hydrogen) atoms. The summed E-state index contributed by atoms with van der Waals surface area (Å²) in [6, 6.07) is 9.99. The molecule has 0 radical (unpaired) electrons. The van der Waals surface area contributed by atoms with Crippen molar-refractivity contribution in [2.75, 3.05) is 19.4 Å². The molecule has 0 atom stereocenters. The van der Waals surface area contributed by atoms with Gasteiger partial charge in [0, 0.05) is 0 Å². The SMILES string of the molecule is CCOP(=O)(C/C=C(\C)c1ccccc1)OCC. The fraction of sp³-hybridized carbons (Fsp3) is 0.429. The highest BCUT2D eigenvalue weighted by molar-refractivity contribution is 7.54. The zero-order chi connectivity index (χ0) is 13.4. The van der Waals surface area contributed by atoms with Gasteiger partial charge in [-0.25, -0.2) is 0 Å². The summed E-state index contributed by atoms with van der Waals surface area (Å²) in [5.74, 6) is 0. The third-order valence-corrected chi connectivity index (χ3v) is 4.43. The fourth-order valence-corrected chi connectivity index (χ4v) is 3.17. The Bertz CT molecular complexity index is 416. The summed E-state index contributed by atoms with van der Waals surface area (Å²) in [6.07, 6.45) is 2.23. The van der Waals surface area contributed by atoms with Gasteiger partial charge in [-0.05, 0) is 31.9 Å². The van der Waals surface area contributed by atoms with Gasteiger partial charge in [-0.2, -0.15) is 0 Å². The molecule has 100 valence electrons. The smallest absolute Gasteiger partial charge is 0.309 e. The number of hydrogen-bond acceptors (Lipinski definition) is 3. The maximum atomic E-state index is 12.3. The standard InChI is InChI=1S/C14H21O3P/c1-4-16-18(15,17-5-2)12-11-13(3)14-9-7-6-8-10-14/h6-11H,4-5,12H2,1-3H3/b13-11+. The maximum Gasteiger partial charge on any atom is 0.334 e. The molecule has 0 amide bonds. The lowest BCUT2D eigenvalue weighted by Crippen LogP contribution is -1.98. The van der Waals surface area contributed by atoms with Crippen LogP contribution in [0.4, 0.5) is 0 Å². The minimum Gasteiger partial charge on any atom is -0.309 e. The Labute approximate surface area is 109 Å². The van der Waals surface area contributed by atoms with Crippen molar-refractivity contribution < 1.29 is 13.6 Å². The highest BCUT2D eigenvalue weighted by atomic mass is 31.2. The summed E-state index contributed by atoms with van der Waals surface area (Å²) in [7, 11) is -2.97. The predicted octanol–water partition coefficient (Wildman–Crippen LogP) is 4.36. The van der Waals surface area contributed by atoms with Crippen LogP contribution in [0.1, 0.15) is 26.3 Å². The van der Waals surface area contributed by atoms with Crippen molar-refractivity contribution >= 4 is 13.2 Å². The maximum absolute atomic E-state index is 12.3. The van der Waals surface area contributed by atoms with E-state index in [1.54, 1.807) is 0 Å². The van der Waals surface area contributed by atoms with Crippen LogP contribution in [0.15, 0.2) is 36.4 Å². The van der Waals surface area contributed by atoms with Crippen LogP contribution in [0.25, 0.3) is 5.57 Å². The van der Waals surface area contributed by atoms with Crippen molar-refractivity contribution in [1.29, 1.82) is 0 Å². The van der Waals surface area contributed by atoms with E-state index in [1.807, 2.05) is 57.2 Å². The zero-order valence-corrected chi connectivity index (χ0v) is 12.2.